The van der Waals surface area contributed by atoms with Crippen LogP contribution in [0.3, 0.4) is 0 Å². The molecule has 9 amide bonds. The third kappa shape index (κ3) is 25.8. The number of nitrogens with one attached hydrogen (secondary N) is 9. The Kier molecular flexibility index (Phi) is 31.5. The van der Waals surface area contributed by atoms with E-state index in [-0.39, 0.29) is 63.5 Å². The fourth-order valence-corrected chi connectivity index (χ4v) is 8.19. The fourth-order valence-electron chi connectivity index (χ4n) is 8.19. The lowest BCUT2D eigenvalue weighted by atomic mass is 9.96. The van der Waals surface area contributed by atoms with Crippen LogP contribution in [0.15, 0.2) is 52.8 Å². The molecule has 84 heavy (non-hydrogen) atoms. The van der Waals surface area contributed by atoms with Gasteiger partial charge in [-0.15, -0.1) is 0 Å². The lowest BCUT2D eigenvalue weighted by Gasteiger charge is -2.34. The molecule has 0 aliphatic carbocycles. The maximum absolute atomic E-state index is 14.2. The number of nitrogens with zero attached hydrogens (tertiary/aromatic N) is 4. The Morgan fingerprint density at radius 3 is 1.71 bits per heavy atom. The quantitative estimate of drug-likeness (QED) is 0.0170. The molecule has 468 valence electrons. The van der Waals surface area contributed by atoms with Gasteiger partial charge in [0, 0.05) is 37.4 Å². The number of amides is 9. The molecule has 2 unspecified atom stereocenters. The van der Waals surface area contributed by atoms with Crippen molar-refractivity contribution in [3.63, 3.8) is 0 Å². The van der Waals surface area contributed by atoms with E-state index < -0.39 is 145 Å². The lowest BCUT2D eigenvalue weighted by Crippen LogP contribution is -2.62. The highest BCUT2D eigenvalue weighted by Crippen LogP contribution is 2.16. The van der Waals surface area contributed by atoms with Gasteiger partial charge in [0.1, 0.15) is 48.8 Å². The molecule has 12 atom stereocenters. The van der Waals surface area contributed by atoms with Crippen LogP contribution in [-0.4, -0.2) is 194 Å². The van der Waals surface area contributed by atoms with E-state index in [0.29, 0.717) is 25.0 Å². The SMILES string of the molecule is CCC(C)[C@H](NC(=O)[C@H](CCCN=C(N)N)NC(=O)CNC(=O)[C@@H](NC(=O)[C@@H](NC(=O)[C@H](Cc1cnc[nH]1)NC(=O)[C@H](CCc1ccccc1)NC(=O)[C@H](C)NC(=O)[C@@H](N)CCCN=C(N)N)[C@@H](C)O)[C@@H](C)O)C(=O)N(CC(=O)O)C(C)CC. The van der Waals surface area contributed by atoms with Gasteiger partial charge in [0.25, 0.3) is 0 Å². The maximum Gasteiger partial charge on any atom is 0.323 e. The monoisotopic (exact) mass is 1180 g/mol. The number of benzene rings is 1. The summed E-state index contributed by atoms with van der Waals surface area (Å²) in [6, 6.07) is -2.81. The predicted octanol–water partition coefficient (Wildman–Crippen LogP) is -4.93. The minimum Gasteiger partial charge on any atom is -0.480 e. The Bertz CT molecular complexity index is 2530. The molecular formula is C53H88N18O13. The smallest absolute Gasteiger partial charge is 0.323 e. The van der Waals surface area contributed by atoms with Crippen LogP contribution in [0.5, 0.6) is 0 Å². The summed E-state index contributed by atoms with van der Waals surface area (Å²) < 4.78 is 0. The number of rotatable bonds is 38. The number of aryl methyl sites for hydroxylation is 1. The van der Waals surface area contributed by atoms with Crippen molar-refractivity contribution in [3.8, 4) is 0 Å². The molecule has 0 bridgehead atoms. The first-order valence-corrected chi connectivity index (χ1v) is 27.7. The van der Waals surface area contributed by atoms with Gasteiger partial charge < -0.3 is 96.4 Å². The zero-order chi connectivity index (χ0) is 63.2. The number of hydrogen-bond donors (Lipinski definition) is 17. The number of aromatic amines is 1. The van der Waals surface area contributed by atoms with Crippen molar-refractivity contribution in [2.75, 3.05) is 26.2 Å². The average Bonchev–Trinajstić information content (AvgIpc) is 4.07. The summed E-state index contributed by atoms with van der Waals surface area (Å²) in [6.07, 6.45) is 0.789. The number of carbonyl (C=O) groups is 10. The number of aromatic nitrogens is 2. The summed E-state index contributed by atoms with van der Waals surface area (Å²) in [4.78, 5) is 151. The van der Waals surface area contributed by atoms with Crippen LogP contribution in [0.25, 0.3) is 0 Å². The highest BCUT2D eigenvalue weighted by molar-refractivity contribution is 5.98. The molecule has 1 heterocycles. The van der Waals surface area contributed by atoms with Crippen LogP contribution in [-0.2, 0) is 60.8 Å². The van der Waals surface area contributed by atoms with Gasteiger partial charge in [-0.25, -0.2) is 4.98 Å². The van der Waals surface area contributed by atoms with E-state index >= 15 is 0 Å². The summed E-state index contributed by atoms with van der Waals surface area (Å²) in [5.41, 5.74) is 28.8. The molecule has 1 aromatic heterocycles. The number of aliphatic imine (C=N–C) groups is 2. The molecule has 2 rings (SSSR count). The van der Waals surface area contributed by atoms with Gasteiger partial charge in [0.05, 0.1) is 31.1 Å². The number of hydrogen-bond acceptors (Lipinski definition) is 16. The molecule has 0 saturated heterocycles. The van der Waals surface area contributed by atoms with Crippen molar-refractivity contribution in [3.05, 3.63) is 54.1 Å². The van der Waals surface area contributed by atoms with Gasteiger partial charge in [0.15, 0.2) is 11.9 Å². The number of carboxylic acid groups (broad SMARTS) is 1. The van der Waals surface area contributed by atoms with Crippen LogP contribution >= 0.6 is 0 Å². The van der Waals surface area contributed by atoms with E-state index in [1.807, 2.05) is 0 Å². The van der Waals surface area contributed by atoms with Crippen LogP contribution in [0.1, 0.15) is 105 Å². The molecule has 0 spiro atoms. The van der Waals surface area contributed by atoms with E-state index in [2.05, 4.69) is 62.5 Å². The number of imidazole rings is 1. The van der Waals surface area contributed by atoms with Crippen molar-refractivity contribution in [2.45, 2.75) is 173 Å². The normalized spacial score (nSPS) is 15.3. The zero-order valence-corrected chi connectivity index (χ0v) is 48.8. The molecule has 0 fully saturated rings. The first kappa shape index (κ1) is 71.7. The number of guanidine groups is 2. The third-order valence-electron chi connectivity index (χ3n) is 13.5. The number of aliphatic hydroxyl groups excluding tert-OH is 2. The van der Waals surface area contributed by atoms with Crippen LogP contribution in [0, 0.1) is 5.92 Å². The second kappa shape index (κ2) is 36.9. The molecule has 0 radical (unpaired) electrons. The number of H-pyrrole nitrogens is 1. The number of nitrogens with two attached hydrogens (primary N) is 5. The third-order valence-corrected chi connectivity index (χ3v) is 13.5. The van der Waals surface area contributed by atoms with Crippen molar-refractivity contribution >= 4 is 71.1 Å². The van der Waals surface area contributed by atoms with Crippen molar-refractivity contribution < 1.29 is 63.3 Å². The molecule has 31 heteroatoms. The Hall–Kier alpha value is -8.45. The van der Waals surface area contributed by atoms with Gasteiger partial charge >= 0.3 is 5.97 Å². The van der Waals surface area contributed by atoms with Gasteiger partial charge in [-0.1, -0.05) is 57.5 Å². The summed E-state index contributed by atoms with van der Waals surface area (Å²) in [7, 11) is 0. The first-order chi connectivity index (χ1) is 39.6. The van der Waals surface area contributed by atoms with E-state index in [0.717, 1.165) is 24.3 Å². The summed E-state index contributed by atoms with van der Waals surface area (Å²) >= 11 is 0. The summed E-state index contributed by atoms with van der Waals surface area (Å²) in [5, 5.41) is 51.1. The van der Waals surface area contributed by atoms with Gasteiger partial charge in [0.2, 0.25) is 53.2 Å². The van der Waals surface area contributed by atoms with Gasteiger partial charge in [-0.3, -0.25) is 57.9 Å². The number of carbonyl (C=O) groups excluding carboxylic acids is 9. The van der Waals surface area contributed by atoms with Gasteiger partial charge in [-0.2, -0.15) is 0 Å². The molecule has 22 N–H and O–H groups in total. The highest BCUT2D eigenvalue weighted by atomic mass is 16.4. The molecule has 0 saturated carbocycles. The largest absolute Gasteiger partial charge is 0.480 e. The van der Waals surface area contributed by atoms with Crippen molar-refractivity contribution in [1.82, 2.24) is 57.4 Å². The second-order valence-corrected chi connectivity index (χ2v) is 20.4. The van der Waals surface area contributed by atoms with Crippen LogP contribution in [0.4, 0.5) is 0 Å². The number of carboxylic acids is 1. The van der Waals surface area contributed by atoms with E-state index in [4.69, 9.17) is 28.7 Å². The highest BCUT2D eigenvalue weighted by Gasteiger charge is 2.37. The minimum absolute atomic E-state index is 0.000866. The van der Waals surface area contributed by atoms with Crippen molar-refractivity contribution in [1.29, 1.82) is 0 Å². The molecule has 1 aromatic carbocycles. The molecular weight excluding hydrogens is 1100 g/mol. The minimum atomic E-state index is -1.85. The zero-order valence-electron chi connectivity index (χ0n) is 48.8. The average molecular weight is 1190 g/mol. The first-order valence-electron chi connectivity index (χ1n) is 27.7. The van der Waals surface area contributed by atoms with E-state index in [1.54, 1.807) is 58.0 Å². The lowest BCUT2D eigenvalue weighted by molar-refractivity contribution is -0.148. The number of aliphatic carboxylic acids is 1. The molecule has 0 aliphatic rings. The predicted molar refractivity (Wildman–Crippen MR) is 309 cm³/mol. The van der Waals surface area contributed by atoms with E-state index in [1.165, 1.54) is 19.4 Å². The Labute approximate surface area is 488 Å². The topological polar surface area (TPSA) is 514 Å². The maximum atomic E-state index is 14.2. The standard InChI is InChI=1S/C53H88N18O13/c1-8-28(3)41(51(84)71(26-40(75)76)29(4)9-2)68-47(80)36(18-14-22-61-53(57)58)65-39(74)25-62-49(82)42(31(6)72)70-50(83)43(32(7)73)69-48(81)38(23-34-24-59-27-63-34)67-46(79)37(20-19-33-15-11-10-12-16-33)66-44(77)30(5)64-45(78)35(54)17-13-21-60-52(55)56/h10-12,15-16,24,27-32,35-38,41-43,72-73H,8-9,13-14,17-23,25-26,54H2,1-7H3,(H,59,63)(H,62,82)(H,64,78)(H,65,74)(H,66,77)(H,67,79)(H,68,80)(H,69,81)(H,70,83)(H,75,76)(H4,55,56,60)(H4,57,58,61)/t28?,29?,30-,31+,32+,35-,36-,37-,38-,41-,42-,43-/m0/s1. The molecule has 0 aliphatic heterocycles. The Morgan fingerprint density at radius 1 is 0.631 bits per heavy atom. The molecule has 31 nitrogen and oxygen atoms in total. The van der Waals surface area contributed by atoms with Crippen LogP contribution < -0.4 is 71.2 Å². The Balaban J connectivity index is 2.33. The molecule has 2 aromatic rings. The summed E-state index contributed by atoms with van der Waals surface area (Å²) in [5.74, 6) is -10.1. The van der Waals surface area contributed by atoms with Crippen molar-refractivity contribution in [2.24, 2.45) is 44.6 Å². The number of aliphatic hydroxyl groups is 2. The summed E-state index contributed by atoms with van der Waals surface area (Å²) in [6.45, 7) is 9.39. The van der Waals surface area contributed by atoms with Crippen LogP contribution in [0.2, 0.25) is 0 Å². The fraction of sp³-hybridized carbons (Fsp3) is 0.604. The van der Waals surface area contributed by atoms with Gasteiger partial charge in [-0.05, 0) is 84.1 Å². The Morgan fingerprint density at radius 2 is 1.17 bits per heavy atom. The second-order valence-electron chi connectivity index (χ2n) is 20.4. The van der Waals surface area contributed by atoms with E-state index in [9.17, 15) is 63.3 Å².